The van der Waals surface area contributed by atoms with Crippen molar-refractivity contribution in [3.05, 3.63) is 50.2 Å². The fourth-order valence-electron chi connectivity index (χ4n) is 4.81. The topological polar surface area (TPSA) is 133 Å². The van der Waals surface area contributed by atoms with Gasteiger partial charge in [-0.25, -0.2) is 14.8 Å². The molecule has 1 atom stereocenters. The number of piperidine rings is 1. The van der Waals surface area contributed by atoms with Crippen LogP contribution in [0.2, 0.25) is 0 Å². The third-order valence-electron chi connectivity index (χ3n) is 6.50. The molecule has 0 aliphatic carbocycles. The maximum Gasteiger partial charge on any atom is 0.405 e. The van der Waals surface area contributed by atoms with Crippen molar-refractivity contribution in [2.75, 3.05) is 24.5 Å². The van der Waals surface area contributed by atoms with Gasteiger partial charge >= 0.3 is 11.9 Å². The Kier molecular flexibility index (Phi) is 7.82. The third-order valence-corrected chi connectivity index (χ3v) is 6.50. The van der Waals surface area contributed by atoms with Crippen molar-refractivity contribution in [2.45, 2.75) is 52.0 Å². The number of carbonyl (C=O) groups is 1. The average molecular weight is 547 g/mol. The molecule has 1 fully saturated rings. The molecule has 0 unspecified atom stereocenters. The molecule has 0 bridgehead atoms. The molecule has 1 aliphatic heterocycles. The van der Waals surface area contributed by atoms with Gasteiger partial charge in [-0.1, -0.05) is 5.92 Å². The SMILES string of the molecule is CC#CCn1c(N2CCC[C@@H](N)C2)c(C(=O)NCC(F)(F)F)c2c1c(=O)n(Cc1nccc(C)n1)c(=O)n2C. The predicted octanol–water partition coefficient (Wildman–Crippen LogP) is 0.891. The van der Waals surface area contributed by atoms with Crippen LogP contribution in [0.3, 0.4) is 0 Å². The maximum absolute atomic E-state index is 13.9. The molecule has 39 heavy (non-hydrogen) atoms. The number of alkyl halides is 3. The Morgan fingerprint density at radius 3 is 2.64 bits per heavy atom. The van der Waals surface area contributed by atoms with Crippen LogP contribution in [0.15, 0.2) is 21.9 Å². The van der Waals surface area contributed by atoms with Gasteiger partial charge in [0.2, 0.25) is 0 Å². The van der Waals surface area contributed by atoms with Crippen molar-refractivity contribution in [3.63, 3.8) is 0 Å². The lowest BCUT2D eigenvalue weighted by Crippen LogP contribution is -2.44. The van der Waals surface area contributed by atoms with Crippen LogP contribution in [0.5, 0.6) is 0 Å². The molecular formula is C25H29F3N8O3. The molecule has 0 radical (unpaired) electrons. The van der Waals surface area contributed by atoms with E-state index >= 15 is 0 Å². The summed E-state index contributed by atoms with van der Waals surface area (Å²) < 4.78 is 42.6. The van der Waals surface area contributed by atoms with Crippen molar-refractivity contribution in [3.8, 4) is 11.8 Å². The summed E-state index contributed by atoms with van der Waals surface area (Å²) in [7, 11) is 1.36. The number of hydrogen-bond donors (Lipinski definition) is 2. The number of fused-ring (bicyclic) bond motifs is 1. The molecule has 0 saturated carbocycles. The predicted molar refractivity (Wildman–Crippen MR) is 139 cm³/mol. The van der Waals surface area contributed by atoms with Crippen LogP contribution < -0.4 is 27.2 Å². The van der Waals surface area contributed by atoms with Gasteiger partial charge in [-0.05, 0) is 32.8 Å². The Morgan fingerprint density at radius 1 is 1.26 bits per heavy atom. The van der Waals surface area contributed by atoms with Gasteiger partial charge in [-0.3, -0.25) is 18.7 Å². The maximum atomic E-state index is 13.9. The van der Waals surface area contributed by atoms with Crippen LogP contribution in [0.1, 0.15) is 41.6 Å². The number of hydrogen-bond acceptors (Lipinski definition) is 7. The molecule has 1 aliphatic rings. The van der Waals surface area contributed by atoms with E-state index in [1.54, 1.807) is 24.8 Å². The molecular weight excluding hydrogens is 517 g/mol. The molecule has 3 aromatic heterocycles. The average Bonchev–Trinajstić information content (AvgIpc) is 3.22. The number of anilines is 1. The van der Waals surface area contributed by atoms with Crippen molar-refractivity contribution >= 4 is 22.8 Å². The number of rotatable bonds is 6. The van der Waals surface area contributed by atoms with Gasteiger partial charge in [0.05, 0.1) is 18.6 Å². The molecule has 3 aromatic rings. The lowest BCUT2D eigenvalue weighted by atomic mass is 10.1. The minimum Gasteiger partial charge on any atom is -0.356 e. The number of nitrogens with one attached hydrogen (secondary N) is 1. The lowest BCUT2D eigenvalue weighted by molar-refractivity contribution is -0.123. The molecule has 0 spiro atoms. The first kappa shape index (κ1) is 27.9. The Balaban J connectivity index is 2.05. The number of carbonyl (C=O) groups excluding carboxylic acids is 1. The fraction of sp³-hybridized carbons (Fsp3) is 0.480. The summed E-state index contributed by atoms with van der Waals surface area (Å²) in [5.74, 6) is 4.98. The number of nitrogens with zero attached hydrogens (tertiary/aromatic N) is 6. The van der Waals surface area contributed by atoms with E-state index in [0.29, 0.717) is 25.2 Å². The number of nitrogens with two attached hydrogens (primary N) is 1. The normalized spacial score (nSPS) is 15.8. The summed E-state index contributed by atoms with van der Waals surface area (Å²) in [5.41, 5.74) is 4.97. The smallest absolute Gasteiger partial charge is 0.356 e. The lowest BCUT2D eigenvalue weighted by Gasteiger charge is -2.33. The number of aryl methyl sites for hydroxylation is 2. The third kappa shape index (κ3) is 5.68. The molecule has 4 rings (SSSR count). The Bertz CT molecular complexity index is 1590. The molecule has 3 N–H and O–H groups in total. The van der Waals surface area contributed by atoms with Crippen LogP contribution in [-0.2, 0) is 20.1 Å². The fourth-order valence-corrected chi connectivity index (χ4v) is 4.81. The van der Waals surface area contributed by atoms with Gasteiger partial charge in [0.25, 0.3) is 11.5 Å². The van der Waals surface area contributed by atoms with Gasteiger partial charge in [-0.2, -0.15) is 13.2 Å². The van der Waals surface area contributed by atoms with Crippen LogP contribution in [0.25, 0.3) is 11.0 Å². The molecule has 208 valence electrons. The zero-order chi connectivity index (χ0) is 28.5. The largest absolute Gasteiger partial charge is 0.405 e. The van der Waals surface area contributed by atoms with E-state index in [2.05, 4.69) is 21.8 Å². The molecule has 14 heteroatoms. The minimum atomic E-state index is -4.66. The molecule has 11 nitrogen and oxygen atoms in total. The van der Waals surface area contributed by atoms with Crippen molar-refractivity contribution in [1.82, 2.24) is 29.0 Å². The van der Waals surface area contributed by atoms with Crippen molar-refractivity contribution in [2.24, 2.45) is 12.8 Å². The minimum absolute atomic E-state index is 0.0428. The second-order valence-electron chi connectivity index (χ2n) is 9.40. The van der Waals surface area contributed by atoms with Crippen molar-refractivity contribution < 1.29 is 18.0 Å². The van der Waals surface area contributed by atoms with Gasteiger partial charge in [0.1, 0.15) is 29.3 Å². The zero-order valence-corrected chi connectivity index (χ0v) is 21.8. The quantitative estimate of drug-likeness (QED) is 0.439. The van der Waals surface area contributed by atoms with E-state index in [4.69, 9.17) is 5.73 Å². The first-order valence-electron chi connectivity index (χ1n) is 12.3. The van der Waals surface area contributed by atoms with Gasteiger partial charge in [-0.15, -0.1) is 5.92 Å². The highest BCUT2D eigenvalue weighted by Crippen LogP contribution is 2.33. The van der Waals surface area contributed by atoms with Gasteiger partial charge in [0.15, 0.2) is 0 Å². The van der Waals surface area contributed by atoms with Crippen LogP contribution in [-0.4, -0.2) is 61.4 Å². The van der Waals surface area contributed by atoms with E-state index in [1.807, 2.05) is 5.32 Å². The van der Waals surface area contributed by atoms with Crippen LogP contribution in [0.4, 0.5) is 19.0 Å². The molecule has 1 saturated heterocycles. The number of aromatic nitrogens is 5. The second-order valence-corrected chi connectivity index (χ2v) is 9.40. The standard InChI is InChI=1S/C25H29F3N8O3/c1-4-5-11-35-20-19(33(3)24(39)36(23(20)38)13-17-30-9-8-15(2)32-17)18(21(37)31-14-25(26,27)28)22(35)34-10-6-7-16(29)12-34/h8-9,16H,6-7,10-14,29H2,1-3H3,(H,31,37)/t16-/m1/s1. The van der Waals surface area contributed by atoms with Crippen LogP contribution in [0, 0.1) is 18.8 Å². The summed E-state index contributed by atoms with van der Waals surface area (Å²) in [6.45, 7) is 2.22. The summed E-state index contributed by atoms with van der Waals surface area (Å²) >= 11 is 0. The molecule has 0 aromatic carbocycles. The number of halogens is 3. The second kappa shape index (κ2) is 10.9. The van der Waals surface area contributed by atoms with E-state index < -0.39 is 29.9 Å². The number of amides is 1. The summed E-state index contributed by atoms with van der Waals surface area (Å²) in [6, 6.07) is 1.41. The van der Waals surface area contributed by atoms with Crippen LogP contribution >= 0.6 is 0 Å². The molecule has 4 heterocycles. The van der Waals surface area contributed by atoms with E-state index in [-0.39, 0.29) is 47.4 Å². The van der Waals surface area contributed by atoms with Crippen molar-refractivity contribution in [1.29, 1.82) is 0 Å². The zero-order valence-electron chi connectivity index (χ0n) is 21.8. The van der Waals surface area contributed by atoms with E-state index in [1.165, 1.54) is 17.8 Å². The van der Waals surface area contributed by atoms with E-state index in [0.717, 1.165) is 15.6 Å². The Hall–Kier alpha value is -4.12. The highest BCUT2D eigenvalue weighted by atomic mass is 19.4. The Labute approximate surface area is 221 Å². The highest BCUT2D eigenvalue weighted by Gasteiger charge is 2.35. The summed E-state index contributed by atoms with van der Waals surface area (Å²) in [6.07, 6.45) is -1.77. The monoisotopic (exact) mass is 546 g/mol. The Morgan fingerprint density at radius 2 is 2.00 bits per heavy atom. The first-order valence-corrected chi connectivity index (χ1v) is 12.3. The summed E-state index contributed by atoms with van der Waals surface area (Å²) in [4.78, 5) is 50.9. The first-order chi connectivity index (χ1) is 18.4. The van der Waals surface area contributed by atoms with Gasteiger partial charge < -0.3 is 20.5 Å². The van der Waals surface area contributed by atoms with E-state index in [9.17, 15) is 27.6 Å². The molecule has 1 amide bonds. The van der Waals surface area contributed by atoms with Gasteiger partial charge in [0, 0.05) is 38.1 Å². The highest BCUT2D eigenvalue weighted by molar-refractivity contribution is 6.11. The summed E-state index contributed by atoms with van der Waals surface area (Å²) in [5, 5.41) is 1.90.